The van der Waals surface area contributed by atoms with Gasteiger partial charge in [-0.15, -0.1) is 0 Å². The highest BCUT2D eigenvalue weighted by Gasteiger charge is 2.30. The second kappa shape index (κ2) is 9.89. The minimum atomic E-state index is -0.234. The van der Waals surface area contributed by atoms with E-state index in [4.69, 9.17) is 9.47 Å². The number of hydrogen-bond donors (Lipinski definition) is 1. The Morgan fingerprint density at radius 3 is 2.39 bits per heavy atom. The molecule has 2 saturated heterocycles. The first-order valence-corrected chi connectivity index (χ1v) is 10.2. The lowest BCUT2D eigenvalue weighted by atomic mass is 9.96. The number of esters is 1. The van der Waals surface area contributed by atoms with Crippen LogP contribution in [0.5, 0.6) is 0 Å². The summed E-state index contributed by atoms with van der Waals surface area (Å²) in [6.45, 7) is 8.92. The summed E-state index contributed by atoms with van der Waals surface area (Å²) in [4.78, 5) is 28.9. The number of nitrogens with one attached hydrogen (secondary N) is 1. The van der Waals surface area contributed by atoms with Crippen LogP contribution in [0.4, 0.5) is 11.4 Å². The highest BCUT2D eigenvalue weighted by molar-refractivity contribution is 5.94. The summed E-state index contributed by atoms with van der Waals surface area (Å²) in [7, 11) is 0. The van der Waals surface area contributed by atoms with Crippen molar-refractivity contribution < 1.29 is 19.1 Å². The number of likely N-dealkylation sites (tertiary alicyclic amines) is 1. The third kappa shape index (κ3) is 5.23. The number of ether oxygens (including phenoxy) is 2. The Bertz CT molecular complexity index is 650. The van der Waals surface area contributed by atoms with E-state index in [9.17, 15) is 9.59 Å². The van der Waals surface area contributed by atoms with Crippen molar-refractivity contribution in [1.82, 2.24) is 4.90 Å². The summed E-state index contributed by atoms with van der Waals surface area (Å²) >= 11 is 0. The molecule has 7 nitrogen and oxygen atoms in total. The number of hydrogen-bond acceptors (Lipinski definition) is 6. The minimum Gasteiger partial charge on any atom is -0.466 e. The molecule has 1 amide bonds. The maximum Gasteiger partial charge on any atom is 0.309 e. The van der Waals surface area contributed by atoms with Crippen LogP contribution >= 0.6 is 0 Å². The third-order valence-corrected chi connectivity index (χ3v) is 5.59. The van der Waals surface area contributed by atoms with Gasteiger partial charge in [-0.3, -0.25) is 14.5 Å². The maximum atomic E-state index is 12.6. The van der Waals surface area contributed by atoms with Gasteiger partial charge >= 0.3 is 5.97 Å². The van der Waals surface area contributed by atoms with E-state index in [1.165, 1.54) is 0 Å². The first kappa shape index (κ1) is 20.6. The van der Waals surface area contributed by atoms with Gasteiger partial charge in [0.05, 0.1) is 31.8 Å². The van der Waals surface area contributed by atoms with Crippen molar-refractivity contribution in [2.24, 2.45) is 5.92 Å². The molecule has 0 aromatic heterocycles. The van der Waals surface area contributed by atoms with E-state index < -0.39 is 0 Å². The predicted octanol–water partition coefficient (Wildman–Crippen LogP) is 2.13. The van der Waals surface area contributed by atoms with Crippen LogP contribution in [0.15, 0.2) is 24.3 Å². The van der Waals surface area contributed by atoms with E-state index in [1.807, 2.05) is 38.1 Å². The van der Waals surface area contributed by atoms with Gasteiger partial charge in [-0.2, -0.15) is 0 Å². The molecule has 0 spiro atoms. The summed E-state index contributed by atoms with van der Waals surface area (Å²) in [5, 5.41) is 3.01. The van der Waals surface area contributed by atoms with Gasteiger partial charge in [0.15, 0.2) is 0 Å². The molecule has 28 heavy (non-hydrogen) atoms. The van der Waals surface area contributed by atoms with Crippen molar-refractivity contribution >= 4 is 23.3 Å². The average molecular weight is 389 g/mol. The smallest absolute Gasteiger partial charge is 0.309 e. The van der Waals surface area contributed by atoms with Crippen LogP contribution in [0.1, 0.15) is 26.7 Å². The number of rotatable bonds is 6. The maximum absolute atomic E-state index is 12.6. The van der Waals surface area contributed by atoms with E-state index in [2.05, 4.69) is 15.1 Å². The third-order valence-electron chi connectivity index (χ3n) is 5.59. The molecule has 154 valence electrons. The summed E-state index contributed by atoms with van der Waals surface area (Å²) in [6, 6.07) is 7.74. The number of piperidine rings is 1. The Morgan fingerprint density at radius 2 is 1.79 bits per heavy atom. The molecular weight excluding hydrogens is 358 g/mol. The van der Waals surface area contributed by atoms with Gasteiger partial charge in [-0.25, -0.2) is 0 Å². The second-order valence-corrected chi connectivity index (χ2v) is 7.37. The molecule has 0 saturated carbocycles. The summed E-state index contributed by atoms with van der Waals surface area (Å²) in [5.74, 6) is -0.174. The Labute approximate surface area is 167 Å². The molecule has 1 N–H and O–H groups in total. The Morgan fingerprint density at radius 1 is 1.14 bits per heavy atom. The normalized spacial score (nSPS) is 19.9. The van der Waals surface area contributed by atoms with Crippen molar-refractivity contribution in [2.45, 2.75) is 32.7 Å². The second-order valence-electron chi connectivity index (χ2n) is 7.37. The van der Waals surface area contributed by atoms with Gasteiger partial charge in [0, 0.05) is 24.5 Å². The van der Waals surface area contributed by atoms with Crippen LogP contribution in [0.3, 0.4) is 0 Å². The fourth-order valence-corrected chi connectivity index (χ4v) is 3.77. The first-order valence-electron chi connectivity index (χ1n) is 10.2. The van der Waals surface area contributed by atoms with Crippen molar-refractivity contribution in [3.05, 3.63) is 24.3 Å². The van der Waals surface area contributed by atoms with Gasteiger partial charge in [-0.1, -0.05) is 0 Å². The van der Waals surface area contributed by atoms with Crippen LogP contribution in [-0.2, 0) is 19.1 Å². The standard InChI is InChI=1S/C21H31N3O4/c1-3-28-21(26)17-8-10-23(11-9-17)16(2)20(25)22-18-4-6-19(7-5-18)24-12-14-27-15-13-24/h4-7,16-17H,3,8-15H2,1-2H3,(H,22,25). The lowest BCUT2D eigenvalue weighted by molar-refractivity contribution is -0.149. The van der Waals surface area contributed by atoms with Crippen molar-refractivity contribution in [2.75, 3.05) is 56.2 Å². The Hall–Kier alpha value is -2.12. The van der Waals surface area contributed by atoms with Crippen LogP contribution < -0.4 is 10.2 Å². The van der Waals surface area contributed by atoms with E-state index >= 15 is 0 Å². The van der Waals surface area contributed by atoms with E-state index in [0.29, 0.717) is 6.61 Å². The monoisotopic (exact) mass is 389 g/mol. The summed E-state index contributed by atoms with van der Waals surface area (Å²) in [5.41, 5.74) is 1.95. The molecular formula is C21H31N3O4. The van der Waals surface area contributed by atoms with Crippen molar-refractivity contribution in [3.8, 4) is 0 Å². The van der Waals surface area contributed by atoms with Gasteiger partial charge in [0.25, 0.3) is 0 Å². The molecule has 1 aromatic carbocycles. The van der Waals surface area contributed by atoms with Gasteiger partial charge < -0.3 is 19.7 Å². The molecule has 1 atom stereocenters. The highest BCUT2D eigenvalue weighted by Crippen LogP contribution is 2.22. The minimum absolute atomic E-state index is 0.0197. The summed E-state index contributed by atoms with van der Waals surface area (Å²) < 4.78 is 10.5. The zero-order valence-corrected chi connectivity index (χ0v) is 16.9. The van der Waals surface area contributed by atoms with Crippen LogP contribution in [-0.4, -0.2) is 68.8 Å². The van der Waals surface area contributed by atoms with E-state index in [1.54, 1.807) is 0 Å². The Kier molecular flexibility index (Phi) is 7.28. The number of carbonyl (C=O) groups excluding carboxylic acids is 2. The number of anilines is 2. The molecule has 2 heterocycles. The molecule has 2 fully saturated rings. The number of carbonyl (C=O) groups is 2. The lowest BCUT2D eigenvalue weighted by Gasteiger charge is -2.34. The number of amides is 1. The topological polar surface area (TPSA) is 71.1 Å². The molecule has 0 bridgehead atoms. The lowest BCUT2D eigenvalue weighted by Crippen LogP contribution is -2.47. The van der Waals surface area contributed by atoms with Gasteiger partial charge in [0.2, 0.25) is 5.91 Å². The first-order chi connectivity index (χ1) is 13.6. The molecule has 3 rings (SSSR count). The zero-order chi connectivity index (χ0) is 19.9. The van der Waals surface area contributed by atoms with Gasteiger partial charge in [0.1, 0.15) is 0 Å². The SMILES string of the molecule is CCOC(=O)C1CCN(C(C)C(=O)Nc2ccc(N3CCOCC3)cc2)CC1. The van der Waals surface area contributed by atoms with Gasteiger partial charge in [-0.05, 0) is 64.0 Å². The zero-order valence-electron chi connectivity index (χ0n) is 16.9. The van der Waals surface area contributed by atoms with E-state index in [-0.39, 0.29) is 23.8 Å². The van der Waals surface area contributed by atoms with Crippen LogP contribution in [0, 0.1) is 5.92 Å². The molecule has 2 aliphatic rings. The van der Waals surface area contributed by atoms with Crippen molar-refractivity contribution in [1.29, 1.82) is 0 Å². The number of nitrogens with zero attached hydrogens (tertiary/aromatic N) is 2. The molecule has 2 aliphatic heterocycles. The molecule has 0 radical (unpaired) electrons. The molecule has 7 heteroatoms. The molecule has 0 aliphatic carbocycles. The molecule has 1 unspecified atom stereocenters. The van der Waals surface area contributed by atoms with E-state index in [0.717, 1.165) is 63.6 Å². The number of benzene rings is 1. The fourth-order valence-electron chi connectivity index (χ4n) is 3.77. The van der Waals surface area contributed by atoms with Crippen LogP contribution in [0.2, 0.25) is 0 Å². The quantitative estimate of drug-likeness (QED) is 0.752. The van der Waals surface area contributed by atoms with Crippen LogP contribution in [0.25, 0.3) is 0 Å². The largest absolute Gasteiger partial charge is 0.466 e. The predicted molar refractivity (Wildman–Crippen MR) is 108 cm³/mol. The number of morpholine rings is 1. The summed E-state index contributed by atoms with van der Waals surface area (Å²) in [6.07, 6.45) is 1.48. The average Bonchev–Trinajstić information content (AvgIpc) is 2.74. The highest BCUT2D eigenvalue weighted by atomic mass is 16.5. The Balaban J connectivity index is 1.48. The van der Waals surface area contributed by atoms with Crippen molar-refractivity contribution in [3.63, 3.8) is 0 Å². The fraction of sp³-hybridized carbons (Fsp3) is 0.619. The molecule has 1 aromatic rings.